The maximum atomic E-state index is 14.3. The van der Waals surface area contributed by atoms with Gasteiger partial charge in [0.25, 0.3) is 5.91 Å². The van der Waals surface area contributed by atoms with E-state index in [2.05, 4.69) is 40.7 Å². The Kier molecular flexibility index (Phi) is 16.5. The van der Waals surface area contributed by atoms with Crippen molar-refractivity contribution >= 4 is 50.9 Å². The Morgan fingerprint density at radius 3 is 2.31 bits per heavy atom. The zero-order valence-corrected chi connectivity index (χ0v) is 32.6. The topological polar surface area (TPSA) is 154 Å². The van der Waals surface area contributed by atoms with E-state index >= 15 is 0 Å². The van der Waals surface area contributed by atoms with Crippen molar-refractivity contribution in [2.45, 2.75) is 106 Å². The summed E-state index contributed by atoms with van der Waals surface area (Å²) in [5, 5.41) is 14.7. The average Bonchev–Trinajstić information content (AvgIpc) is 3.22. The van der Waals surface area contributed by atoms with Gasteiger partial charge in [0.05, 0.1) is 16.1 Å². The number of anilines is 2. The highest BCUT2D eigenvalue weighted by atomic mass is 32.2. The van der Waals surface area contributed by atoms with E-state index in [4.69, 9.17) is 4.74 Å². The van der Waals surface area contributed by atoms with E-state index in [-0.39, 0.29) is 22.6 Å². The minimum atomic E-state index is -4.06. The van der Waals surface area contributed by atoms with Gasteiger partial charge < -0.3 is 25.4 Å². The highest BCUT2D eigenvalue weighted by Crippen LogP contribution is 2.44. The first-order valence-corrected chi connectivity index (χ1v) is 20.6. The second kappa shape index (κ2) is 20.2. The third kappa shape index (κ3) is 11.5. The Hall–Kier alpha value is -4.07. The van der Waals surface area contributed by atoms with Crippen LogP contribution in [0, 0.1) is 0 Å². The molecule has 284 valence electrons. The Morgan fingerprint density at radius 1 is 1.06 bits per heavy atom. The number of fused-ring (bicyclic) bond motifs is 1. The molecular formula is C39H54N4O7S2. The third-order valence-electron chi connectivity index (χ3n) is 8.83. The lowest BCUT2D eigenvalue weighted by Crippen LogP contribution is -2.53. The fourth-order valence-corrected chi connectivity index (χ4v) is 8.31. The molecule has 11 nitrogen and oxygen atoms in total. The van der Waals surface area contributed by atoms with Gasteiger partial charge >= 0.3 is 5.97 Å². The number of carboxylic acid groups (broad SMARTS) is 1. The van der Waals surface area contributed by atoms with E-state index in [9.17, 15) is 27.9 Å². The van der Waals surface area contributed by atoms with Crippen LogP contribution in [0.15, 0.2) is 88.7 Å². The number of benzene rings is 2. The zero-order valence-electron chi connectivity index (χ0n) is 30.9. The van der Waals surface area contributed by atoms with Crippen LogP contribution >= 0.6 is 11.8 Å². The standard InChI is InChI=1S/C39H54N4O7S2/c1-7-11-15-19-28(5)36(37(45)40-30(18-10-4)38(46)47)41-35(44)26-50-32-25-34-31(24-33(32)51-6)43(29-20-16-14-17-21-29)27-39(22-12-8-2,23-13-9-3)42-52(34,48)49/h7,11,14-17,19-21,24-25,30,36,42H,5,8-10,12-13,18,22-23,26-27H2,1-4,6H3,(H,40,45)(H,41,44)(H,46,47)/b11-7-,19-15-/t30-,36+/m0/s1. The van der Waals surface area contributed by atoms with Crippen molar-refractivity contribution in [1.29, 1.82) is 0 Å². The molecule has 1 aliphatic rings. The molecule has 0 saturated heterocycles. The van der Waals surface area contributed by atoms with Crippen molar-refractivity contribution in [2.75, 3.05) is 24.3 Å². The van der Waals surface area contributed by atoms with Gasteiger partial charge in [0.15, 0.2) is 6.61 Å². The number of carboxylic acids is 1. The van der Waals surface area contributed by atoms with Gasteiger partial charge in [-0.15, -0.1) is 11.8 Å². The van der Waals surface area contributed by atoms with Crippen molar-refractivity contribution in [1.82, 2.24) is 15.4 Å². The molecule has 0 radical (unpaired) electrons. The first kappa shape index (κ1) is 42.3. The summed E-state index contributed by atoms with van der Waals surface area (Å²) in [6.07, 6.45) is 14.2. The van der Waals surface area contributed by atoms with Crippen LogP contribution in [0.4, 0.5) is 11.4 Å². The lowest BCUT2D eigenvalue weighted by molar-refractivity contribution is -0.142. The molecule has 0 aliphatic carbocycles. The molecule has 0 spiro atoms. The van der Waals surface area contributed by atoms with Gasteiger partial charge in [0.1, 0.15) is 22.7 Å². The van der Waals surface area contributed by atoms with Crippen LogP contribution < -0.4 is 25.0 Å². The average molecular weight is 755 g/mol. The molecule has 0 unspecified atom stereocenters. The number of ether oxygens (including phenoxy) is 1. The predicted octanol–water partition coefficient (Wildman–Crippen LogP) is 6.88. The number of rotatable bonds is 20. The molecule has 2 aromatic carbocycles. The fraction of sp³-hybridized carbons (Fsp3) is 0.462. The molecule has 4 N–H and O–H groups in total. The summed E-state index contributed by atoms with van der Waals surface area (Å²) in [7, 11) is -4.06. The van der Waals surface area contributed by atoms with E-state index in [1.165, 1.54) is 17.8 Å². The number of para-hydroxylation sites is 1. The largest absolute Gasteiger partial charge is 0.483 e. The quantitative estimate of drug-likeness (QED) is 0.0837. The van der Waals surface area contributed by atoms with Crippen LogP contribution in [-0.4, -0.2) is 68.3 Å². The summed E-state index contributed by atoms with van der Waals surface area (Å²) < 4.78 is 37.7. The molecule has 0 aromatic heterocycles. The van der Waals surface area contributed by atoms with Crippen molar-refractivity contribution in [3.8, 4) is 5.75 Å². The monoisotopic (exact) mass is 754 g/mol. The van der Waals surface area contributed by atoms with Gasteiger partial charge in [0, 0.05) is 18.3 Å². The second-order valence-electron chi connectivity index (χ2n) is 12.9. The lowest BCUT2D eigenvalue weighted by atomic mass is 9.87. The minimum absolute atomic E-state index is 0.0369. The van der Waals surface area contributed by atoms with E-state index in [1.54, 1.807) is 37.3 Å². The smallest absolute Gasteiger partial charge is 0.326 e. The number of amides is 2. The van der Waals surface area contributed by atoms with Gasteiger partial charge in [-0.3, -0.25) is 9.59 Å². The molecule has 3 rings (SSSR count). The maximum absolute atomic E-state index is 14.3. The Labute approximate surface area is 313 Å². The Balaban J connectivity index is 2.00. The highest BCUT2D eigenvalue weighted by molar-refractivity contribution is 7.98. The van der Waals surface area contributed by atoms with Crippen molar-refractivity contribution in [3.05, 3.63) is 78.9 Å². The molecular weight excluding hydrogens is 701 g/mol. The molecule has 2 atom stereocenters. The number of hydrogen-bond donors (Lipinski definition) is 4. The summed E-state index contributed by atoms with van der Waals surface area (Å²) in [6.45, 7) is 11.6. The normalized spacial score (nSPS) is 16.1. The summed E-state index contributed by atoms with van der Waals surface area (Å²) >= 11 is 1.35. The molecule has 13 heteroatoms. The van der Waals surface area contributed by atoms with Gasteiger partial charge in [-0.25, -0.2) is 17.9 Å². The molecule has 1 heterocycles. The van der Waals surface area contributed by atoms with Gasteiger partial charge in [-0.2, -0.15) is 0 Å². The van der Waals surface area contributed by atoms with Crippen LogP contribution in [0.1, 0.15) is 79.1 Å². The number of unbranched alkanes of at least 4 members (excludes halogenated alkanes) is 2. The molecule has 2 aromatic rings. The number of nitrogens with one attached hydrogen (secondary N) is 3. The van der Waals surface area contributed by atoms with Gasteiger partial charge in [-0.05, 0) is 56.2 Å². The van der Waals surface area contributed by atoms with E-state index < -0.39 is 52.0 Å². The van der Waals surface area contributed by atoms with E-state index in [0.717, 1.165) is 31.4 Å². The number of nitrogens with zero attached hydrogens (tertiary/aromatic N) is 1. The zero-order chi connectivity index (χ0) is 38.3. The Morgan fingerprint density at radius 2 is 1.73 bits per heavy atom. The SMILES string of the molecule is C=C(/C=C\C=C/C)[C@@H](NC(=O)COc1cc2c(cc1SC)N(c1ccccc1)CC(CCCC)(CCCC)NS2(=O)=O)C(=O)N[C@@H](CCC)C(=O)O. The lowest BCUT2D eigenvalue weighted by Gasteiger charge is -2.37. The predicted molar refractivity (Wildman–Crippen MR) is 209 cm³/mol. The number of aliphatic carboxylic acids is 1. The number of sulfonamides is 1. The number of carbonyl (C=O) groups excluding carboxylic acids is 2. The highest BCUT2D eigenvalue weighted by Gasteiger charge is 2.42. The number of hydrogen-bond acceptors (Lipinski definition) is 8. The Bertz CT molecular complexity index is 1700. The maximum Gasteiger partial charge on any atom is 0.326 e. The van der Waals surface area contributed by atoms with E-state index in [1.807, 2.05) is 43.5 Å². The van der Waals surface area contributed by atoms with Crippen LogP contribution in [0.2, 0.25) is 0 Å². The summed E-state index contributed by atoms with van der Waals surface area (Å²) in [6, 6.07) is 10.5. The third-order valence-corrected chi connectivity index (χ3v) is 11.2. The molecule has 0 fully saturated rings. The van der Waals surface area contributed by atoms with Crippen molar-refractivity contribution in [2.24, 2.45) is 0 Å². The van der Waals surface area contributed by atoms with Gasteiger partial charge in [0.2, 0.25) is 15.9 Å². The van der Waals surface area contributed by atoms with Crippen LogP contribution in [-0.2, 0) is 24.4 Å². The van der Waals surface area contributed by atoms with Crippen LogP contribution in [0.5, 0.6) is 5.75 Å². The van der Waals surface area contributed by atoms with Crippen molar-refractivity contribution in [3.63, 3.8) is 0 Å². The second-order valence-corrected chi connectivity index (χ2v) is 15.4. The number of allylic oxidation sites excluding steroid dienone is 3. The number of carbonyl (C=O) groups is 3. The first-order valence-electron chi connectivity index (χ1n) is 17.9. The summed E-state index contributed by atoms with van der Waals surface area (Å²) in [5.74, 6) is -2.41. The molecule has 0 saturated carbocycles. The number of thioether (sulfide) groups is 1. The first-order chi connectivity index (χ1) is 24.8. The molecule has 2 amide bonds. The molecule has 0 bridgehead atoms. The van der Waals surface area contributed by atoms with E-state index in [0.29, 0.717) is 36.4 Å². The fourth-order valence-electron chi connectivity index (χ4n) is 6.10. The van der Waals surface area contributed by atoms with Crippen LogP contribution in [0.25, 0.3) is 0 Å². The molecule has 1 aliphatic heterocycles. The summed E-state index contributed by atoms with van der Waals surface area (Å²) in [4.78, 5) is 41.1. The molecule has 52 heavy (non-hydrogen) atoms. The summed E-state index contributed by atoms with van der Waals surface area (Å²) in [5.41, 5.74) is 0.885. The van der Waals surface area contributed by atoms with Crippen LogP contribution in [0.3, 0.4) is 0 Å². The van der Waals surface area contributed by atoms with Gasteiger partial charge in [-0.1, -0.05) is 102 Å². The minimum Gasteiger partial charge on any atom is -0.483 e. The van der Waals surface area contributed by atoms with Crippen molar-refractivity contribution < 1.29 is 32.6 Å².